The number of esters is 1. The van der Waals surface area contributed by atoms with Gasteiger partial charge in [0.15, 0.2) is 0 Å². The first kappa shape index (κ1) is 11.3. The highest BCUT2D eigenvalue weighted by Gasteiger charge is 2.22. The molecule has 0 fully saturated rings. The SMILES string of the molecule is COC(=O)c1ccc([N+](=O)[O-])c(O)c1Cl. The average molecular weight is 232 g/mol. The van der Waals surface area contributed by atoms with Crippen molar-refractivity contribution in [1.29, 1.82) is 0 Å². The number of benzene rings is 1. The van der Waals surface area contributed by atoms with Crippen LogP contribution in [0.15, 0.2) is 12.1 Å². The molecule has 1 N–H and O–H groups in total. The van der Waals surface area contributed by atoms with Crippen molar-refractivity contribution in [3.63, 3.8) is 0 Å². The van der Waals surface area contributed by atoms with Gasteiger partial charge < -0.3 is 9.84 Å². The zero-order chi connectivity index (χ0) is 11.6. The average Bonchev–Trinajstić information content (AvgIpc) is 2.20. The van der Waals surface area contributed by atoms with Gasteiger partial charge in [0.2, 0.25) is 5.75 Å². The lowest BCUT2D eigenvalue weighted by Crippen LogP contribution is -2.02. The number of nitro groups is 1. The van der Waals surface area contributed by atoms with Gasteiger partial charge in [0.25, 0.3) is 0 Å². The number of ether oxygens (including phenoxy) is 1. The molecule has 0 aromatic heterocycles. The second-order valence-electron chi connectivity index (χ2n) is 2.54. The van der Waals surface area contributed by atoms with Crippen LogP contribution in [0.4, 0.5) is 5.69 Å². The van der Waals surface area contributed by atoms with E-state index in [-0.39, 0.29) is 5.56 Å². The Morgan fingerprint density at radius 3 is 2.67 bits per heavy atom. The highest BCUT2D eigenvalue weighted by Crippen LogP contribution is 2.36. The summed E-state index contributed by atoms with van der Waals surface area (Å²) in [5.41, 5.74) is -0.685. The number of rotatable bonds is 2. The zero-order valence-electron chi connectivity index (χ0n) is 7.56. The van der Waals surface area contributed by atoms with Crippen LogP contribution in [-0.4, -0.2) is 23.1 Å². The normalized spacial score (nSPS) is 9.73. The van der Waals surface area contributed by atoms with Gasteiger partial charge >= 0.3 is 11.7 Å². The predicted octanol–water partition coefficient (Wildman–Crippen LogP) is 1.74. The van der Waals surface area contributed by atoms with E-state index >= 15 is 0 Å². The van der Waals surface area contributed by atoms with Gasteiger partial charge in [-0.1, -0.05) is 11.6 Å². The molecule has 0 radical (unpaired) electrons. The number of methoxy groups -OCH3 is 1. The number of carbonyl (C=O) groups is 1. The van der Waals surface area contributed by atoms with Crippen molar-refractivity contribution in [3.8, 4) is 5.75 Å². The van der Waals surface area contributed by atoms with Gasteiger partial charge in [-0.3, -0.25) is 10.1 Å². The van der Waals surface area contributed by atoms with E-state index in [0.717, 1.165) is 19.2 Å². The highest BCUT2D eigenvalue weighted by atomic mass is 35.5. The summed E-state index contributed by atoms with van der Waals surface area (Å²) in [4.78, 5) is 20.7. The summed E-state index contributed by atoms with van der Waals surface area (Å²) in [6.07, 6.45) is 0. The molecule has 1 rings (SSSR count). The lowest BCUT2D eigenvalue weighted by Gasteiger charge is -2.03. The molecule has 6 nitrogen and oxygen atoms in total. The van der Waals surface area contributed by atoms with Crippen molar-refractivity contribution < 1.29 is 19.6 Å². The van der Waals surface area contributed by atoms with E-state index in [0.29, 0.717) is 0 Å². The van der Waals surface area contributed by atoms with Gasteiger partial charge in [-0.15, -0.1) is 0 Å². The summed E-state index contributed by atoms with van der Waals surface area (Å²) >= 11 is 5.56. The maximum absolute atomic E-state index is 11.1. The van der Waals surface area contributed by atoms with Crippen LogP contribution in [0.25, 0.3) is 0 Å². The van der Waals surface area contributed by atoms with E-state index in [1.54, 1.807) is 0 Å². The van der Waals surface area contributed by atoms with E-state index < -0.39 is 27.4 Å². The van der Waals surface area contributed by atoms with Crippen LogP contribution < -0.4 is 0 Å². The van der Waals surface area contributed by atoms with Crippen LogP contribution in [0.2, 0.25) is 5.02 Å². The Bertz CT molecular complexity index is 431. The number of hydrogen-bond donors (Lipinski definition) is 1. The largest absolute Gasteiger partial charge is 0.501 e. The molecule has 0 amide bonds. The molecule has 0 aliphatic rings. The number of phenols is 1. The number of halogens is 1. The van der Waals surface area contributed by atoms with E-state index in [9.17, 15) is 20.0 Å². The predicted molar refractivity (Wildman–Crippen MR) is 51.1 cm³/mol. The fraction of sp³-hybridized carbons (Fsp3) is 0.125. The lowest BCUT2D eigenvalue weighted by atomic mass is 10.2. The second-order valence-corrected chi connectivity index (χ2v) is 2.92. The quantitative estimate of drug-likeness (QED) is 0.476. The van der Waals surface area contributed by atoms with Gasteiger partial charge in [0, 0.05) is 6.07 Å². The third-order valence-corrected chi connectivity index (χ3v) is 2.08. The standard InChI is InChI=1S/C8H6ClNO5/c1-15-8(12)4-2-3-5(10(13)14)7(11)6(4)9/h2-3,11H,1H3. The van der Waals surface area contributed by atoms with Crippen molar-refractivity contribution >= 4 is 23.3 Å². The molecule has 0 aliphatic heterocycles. The Balaban J connectivity index is 3.33. The Hall–Kier alpha value is -1.82. The maximum atomic E-state index is 11.1. The molecule has 1 aromatic rings. The minimum Gasteiger partial charge on any atom is -0.501 e. The Morgan fingerprint density at radius 2 is 2.20 bits per heavy atom. The highest BCUT2D eigenvalue weighted by molar-refractivity contribution is 6.35. The molecular formula is C8H6ClNO5. The minimum absolute atomic E-state index is 0.123. The van der Waals surface area contributed by atoms with Gasteiger partial charge in [0.05, 0.1) is 17.6 Å². The van der Waals surface area contributed by atoms with E-state index in [1.807, 2.05) is 0 Å². The monoisotopic (exact) mass is 231 g/mol. The van der Waals surface area contributed by atoms with E-state index in [2.05, 4.69) is 4.74 Å². The van der Waals surface area contributed by atoms with Crippen molar-refractivity contribution in [2.24, 2.45) is 0 Å². The molecule has 15 heavy (non-hydrogen) atoms. The van der Waals surface area contributed by atoms with E-state index in [1.165, 1.54) is 0 Å². The summed E-state index contributed by atoms with van der Waals surface area (Å²) in [5.74, 6) is -1.52. The summed E-state index contributed by atoms with van der Waals surface area (Å²) in [6.45, 7) is 0. The Morgan fingerprint density at radius 1 is 1.60 bits per heavy atom. The molecule has 0 saturated heterocycles. The molecule has 0 unspecified atom stereocenters. The molecule has 0 spiro atoms. The van der Waals surface area contributed by atoms with Crippen molar-refractivity contribution in [1.82, 2.24) is 0 Å². The molecule has 0 aliphatic carbocycles. The molecule has 0 bridgehead atoms. The third kappa shape index (κ3) is 1.99. The fourth-order valence-electron chi connectivity index (χ4n) is 0.969. The summed E-state index contributed by atoms with van der Waals surface area (Å²) in [6, 6.07) is 2.10. The molecule has 0 heterocycles. The van der Waals surface area contributed by atoms with Crippen LogP contribution >= 0.6 is 11.6 Å². The molecule has 0 saturated carbocycles. The zero-order valence-corrected chi connectivity index (χ0v) is 8.32. The van der Waals surface area contributed by atoms with E-state index in [4.69, 9.17) is 11.6 Å². The number of aromatic hydroxyl groups is 1. The van der Waals surface area contributed by atoms with Crippen molar-refractivity contribution in [3.05, 3.63) is 32.8 Å². The number of nitro benzene ring substituents is 1. The smallest absolute Gasteiger partial charge is 0.339 e. The molecule has 7 heteroatoms. The maximum Gasteiger partial charge on any atom is 0.339 e. The minimum atomic E-state index is -0.803. The van der Waals surface area contributed by atoms with Crippen LogP contribution in [0.3, 0.4) is 0 Å². The first-order valence-corrected chi connectivity index (χ1v) is 4.11. The molecule has 1 aromatic carbocycles. The first-order chi connectivity index (χ1) is 6.99. The number of nitrogens with zero attached hydrogens (tertiary/aromatic N) is 1. The number of carbonyl (C=O) groups excluding carboxylic acids is 1. The number of hydrogen-bond acceptors (Lipinski definition) is 5. The first-order valence-electron chi connectivity index (χ1n) is 3.73. The fourth-order valence-corrected chi connectivity index (χ4v) is 1.21. The van der Waals surface area contributed by atoms with Gasteiger partial charge in [-0.25, -0.2) is 4.79 Å². The van der Waals surface area contributed by atoms with Crippen molar-refractivity contribution in [2.75, 3.05) is 7.11 Å². The summed E-state index contributed by atoms with van der Waals surface area (Å²) in [7, 11) is 1.14. The van der Waals surface area contributed by atoms with Crippen LogP contribution in [0.1, 0.15) is 10.4 Å². The molecular weight excluding hydrogens is 226 g/mol. The third-order valence-electron chi connectivity index (χ3n) is 1.70. The van der Waals surface area contributed by atoms with Crippen LogP contribution in [-0.2, 0) is 4.74 Å². The van der Waals surface area contributed by atoms with Crippen LogP contribution in [0, 0.1) is 10.1 Å². The summed E-state index contributed by atoms with van der Waals surface area (Å²) < 4.78 is 4.37. The lowest BCUT2D eigenvalue weighted by molar-refractivity contribution is -0.385. The second kappa shape index (κ2) is 4.14. The molecule has 80 valence electrons. The Kier molecular flexibility index (Phi) is 3.11. The van der Waals surface area contributed by atoms with Gasteiger partial charge in [0.1, 0.15) is 5.02 Å². The van der Waals surface area contributed by atoms with Gasteiger partial charge in [-0.2, -0.15) is 0 Å². The Labute approximate surface area is 89.2 Å². The van der Waals surface area contributed by atoms with Crippen molar-refractivity contribution in [2.45, 2.75) is 0 Å². The summed E-state index contributed by atoms with van der Waals surface area (Å²) in [5, 5.41) is 19.3. The topological polar surface area (TPSA) is 89.7 Å². The van der Waals surface area contributed by atoms with Crippen LogP contribution in [0.5, 0.6) is 5.75 Å². The molecule has 0 atom stereocenters. The van der Waals surface area contributed by atoms with Gasteiger partial charge in [-0.05, 0) is 6.07 Å². The number of phenolic OH excluding ortho intramolecular Hbond substituents is 1.